The van der Waals surface area contributed by atoms with Crippen LogP contribution < -0.4 is 10.6 Å². The molecule has 4 rings (SSSR count). The highest BCUT2D eigenvalue weighted by Crippen LogP contribution is 2.34. The number of carbonyl (C=O) groups excluding carboxylic acids is 1. The number of aromatic nitrogens is 2. The maximum Gasteiger partial charge on any atom is 0.318 e. The lowest BCUT2D eigenvalue weighted by Gasteiger charge is -2.28. The molecule has 0 saturated carbocycles. The average Bonchev–Trinajstić information content (AvgIpc) is 2.85. The van der Waals surface area contributed by atoms with Gasteiger partial charge in [0, 0.05) is 25.7 Å². The number of urea groups is 1. The fourth-order valence-corrected chi connectivity index (χ4v) is 2.84. The molecule has 3 aliphatic rings. The smallest absolute Gasteiger partial charge is 0.318 e. The molecule has 4 heterocycles. The van der Waals surface area contributed by atoms with Gasteiger partial charge in [-0.25, -0.2) is 4.79 Å². The van der Waals surface area contributed by atoms with E-state index in [-0.39, 0.29) is 12.1 Å². The van der Waals surface area contributed by atoms with Crippen LogP contribution in [0.5, 0.6) is 0 Å². The third-order valence-corrected chi connectivity index (χ3v) is 4.04. The van der Waals surface area contributed by atoms with Crippen molar-refractivity contribution in [3.05, 3.63) is 11.8 Å². The molecule has 1 aromatic heterocycles. The Kier molecular flexibility index (Phi) is 2.11. The lowest BCUT2D eigenvalue weighted by molar-refractivity contribution is 0.165. The summed E-state index contributed by atoms with van der Waals surface area (Å²) in [6.45, 7) is 2.56. The largest absolute Gasteiger partial charge is 0.423 e. The van der Waals surface area contributed by atoms with E-state index in [0.29, 0.717) is 23.7 Å². The van der Waals surface area contributed by atoms with Crippen LogP contribution >= 0.6 is 0 Å². The minimum absolute atomic E-state index is 0.00689. The molecule has 0 aromatic carbocycles. The van der Waals surface area contributed by atoms with Crippen molar-refractivity contribution in [1.29, 1.82) is 0 Å². The number of rotatable bonds is 2. The molecule has 0 unspecified atom stereocenters. The zero-order valence-electron chi connectivity index (χ0n) is 9.93. The van der Waals surface area contributed by atoms with Crippen molar-refractivity contribution in [1.82, 2.24) is 25.7 Å². The summed E-state index contributed by atoms with van der Waals surface area (Å²) in [5.74, 6) is 1.63. The Morgan fingerprint density at radius 3 is 2.83 bits per heavy atom. The van der Waals surface area contributed by atoms with Gasteiger partial charge in [0.15, 0.2) is 0 Å². The van der Waals surface area contributed by atoms with Gasteiger partial charge in [0.05, 0.1) is 5.92 Å². The molecule has 2 bridgehead atoms. The van der Waals surface area contributed by atoms with Crippen LogP contribution in [0.15, 0.2) is 4.42 Å². The van der Waals surface area contributed by atoms with Gasteiger partial charge in [0.1, 0.15) is 6.04 Å². The van der Waals surface area contributed by atoms with Crippen LogP contribution in [0.3, 0.4) is 0 Å². The first-order chi connectivity index (χ1) is 8.81. The summed E-state index contributed by atoms with van der Waals surface area (Å²) in [5.41, 5.74) is 0. The van der Waals surface area contributed by atoms with E-state index in [1.807, 2.05) is 4.90 Å². The lowest BCUT2D eigenvalue weighted by Crippen LogP contribution is -2.40. The summed E-state index contributed by atoms with van der Waals surface area (Å²) in [5, 5.41) is 14.4. The van der Waals surface area contributed by atoms with Gasteiger partial charge in [-0.3, -0.25) is 0 Å². The molecule has 96 valence electrons. The van der Waals surface area contributed by atoms with E-state index in [9.17, 15) is 4.79 Å². The summed E-state index contributed by atoms with van der Waals surface area (Å²) in [6, 6.07) is 0.248. The molecule has 2 atom stereocenters. The summed E-state index contributed by atoms with van der Waals surface area (Å²) in [4.78, 5) is 13.6. The van der Waals surface area contributed by atoms with Gasteiger partial charge in [-0.15, -0.1) is 10.2 Å². The van der Waals surface area contributed by atoms with Crippen molar-refractivity contribution >= 4 is 6.03 Å². The Labute approximate surface area is 104 Å². The third kappa shape index (κ3) is 1.43. The monoisotopic (exact) mass is 249 g/mol. The second-order valence-corrected chi connectivity index (χ2v) is 5.23. The summed E-state index contributed by atoms with van der Waals surface area (Å²) in [7, 11) is 0. The van der Waals surface area contributed by atoms with Gasteiger partial charge >= 0.3 is 6.03 Å². The van der Waals surface area contributed by atoms with E-state index < -0.39 is 0 Å². The molecular weight excluding hydrogens is 234 g/mol. The number of nitrogens with one attached hydrogen (secondary N) is 2. The van der Waals surface area contributed by atoms with E-state index in [1.54, 1.807) is 0 Å². The van der Waals surface area contributed by atoms with Crippen molar-refractivity contribution in [2.45, 2.75) is 30.8 Å². The Bertz CT molecular complexity index is 484. The van der Waals surface area contributed by atoms with Crippen molar-refractivity contribution in [3.8, 4) is 0 Å². The van der Waals surface area contributed by atoms with E-state index in [0.717, 1.165) is 32.5 Å². The standard InChI is InChI=1S/C11H15N5O2/c17-11-13-7-1-2-8(16(11)5-7)10-15-14-9(18-10)6-3-12-4-6/h6-8,12H,1-5H2,(H,13,17)/t7-,8+/m1/s1. The van der Waals surface area contributed by atoms with Crippen LogP contribution in [0, 0.1) is 0 Å². The summed E-state index contributed by atoms with van der Waals surface area (Å²) >= 11 is 0. The average molecular weight is 249 g/mol. The maximum absolute atomic E-state index is 11.8. The molecule has 3 fully saturated rings. The van der Waals surface area contributed by atoms with Gasteiger partial charge in [-0.05, 0) is 12.8 Å². The molecule has 18 heavy (non-hydrogen) atoms. The van der Waals surface area contributed by atoms with Crippen LogP contribution in [0.2, 0.25) is 0 Å². The first-order valence-corrected chi connectivity index (χ1v) is 6.42. The Morgan fingerprint density at radius 2 is 2.06 bits per heavy atom. The molecule has 7 heteroatoms. The highest BCUT2D eigenvalue weighted by Gasteiger charge is 2.41. The van der Waals surface area contributed by atoms with Gasteiger partial charge in [-0.2, -0.15) is 0 Å². The molecule has 2 N–H and O–H groups in total. The normalized spacial score (nSPS) is 31.3. The van der Waals surface area contributed by atoms with E-state index >= 15 is 0 Å². The molecule has 1 aromatic rings. The van der Waals surface area contributed by atoms with Crippen molar-refractivity contribution in [2.24, 2.45) is 0 Å². The van der Waals surface area contributed by atoms with Crippen LogP contribution in [0.25, 0.3) is 0 Å². The fourth-order valence-electron chi connectivity index (χ4n) is 2.84. The van der Waals surface area contributed by atoms with Gasteiger partial charge in [0.25, 0.3) is 0 Å². The Morgan fingerprint density at radius 1 is 1.22 bits per heavy atom. The van der Waals surface area contributed by atoms with Crippen molar-refractivity contribution in [2.75, 3.05) is 19.6 Å². The molecule has 7 nitrogen and oxygen atoms in total. The minimum atomic E-state index is -0.0435. The van der Waals surface area contributed by atoms with Crippen LogP contribution in [-0.2, 0) is 0 Å². The number of piperidine rings is 1. The SMILES string of the molecule is O=C1N[C@@H]2CC[C@@H](c3nnc(C4CNC4)o3)N1C2. The third-order valence-electron chi connectivity index (χ3n) is 4.04. The molecular formula is C11H15N5O2. The van der Waals surface area contributed by atoms with Gasteiger partial charge < -0.3 is 20.0 Å². The second-order valence-electron chi connectivity index (χ2n) is 5.23. The number of nitrogens with zero attached hydrogens (tertiary/aromatic N) is 3. The van der Waals surface area contributed by atoms with Crippen LogP contribution in [0.4, 0.5) is 4.79 Å². The molecule has 3 saturated heterocycles. The predicted octanol–water partition coefficient (Wildman–Crippen LogP) is -0.0149. The predicted molar refractivity (Wildman–Crippen MR) is 60.9 cm³/mol. The Hall–Kier alpha value is -1.63. The van der Waals surface area contributed by atoms with E-state index in [2.05, 4.69) is 20.8 Å². The van der Waals surface area contributed by atoms with Gasteiger partial charge in [0.2, 0.25) is 11.8 Å². The Balaban J connectivity index is 1.58. The highest BCUT2D eigenvalue weighted by molar-refractivity contribution is 5.77. The molecule has 0 aliphatic carbocycles. The lowest BCUT2D eigenvalue weighted by atomic mass is 10.0. The van der Waals surface area contributed by atoms with E-state index in [1.165, 1.54) is 0 Å². The maximum atomic E-state index is 11.8. The van der Waals surface area contributed by atoms with Crippen molar-refractivity contribution < 1.29 is 9.21 Å². The molecule has 2 amide bonds. The van der Waals surface area contributed by atoms with Crippen LogP contribution in [-0.4, -0.2) is 46.8 Å². The number of fused-ring (bicyclic) bond motifs is 2. The number of carbonyl (C=O) groups is 1. The zero-order valence-corrected chi connectivity index (χ0v) is 9.93. The molecule has 0 spiro atoms. The topological polar surface area (TPSA) is 83.3 Å². The van der Waals surface area contributed by atoms with E-state index in [4.69, 9.17) is 4.42 Å². The first kappa shape index (κ1) is 10.3. The number of hydrogen-bond acceptors (Lipinski definition) is 5. The first-order valence-electron chi connectivity index (χ1n) is 6.42. The second kappa shape index (κ2) is 3.68. The fraction of sp³-hybridized carbons (Fsp3) is 0.727. The van der Waals surface area contributed by atoms with Crippen LogP contribution in [0.1, 0.15) is 36.6 Å². The minimum Gasteiger partial charge on any atom is -0.423 e. The van der Waals surface area contributed by atoms with Gasteiger partial charge in [-0.1, -0.05) is 0 Å². The molecule has 0 radical (unpaired) electrons. The molecule has 3 aliphatic heterocycles. The quantitative estimate of drug-likeness (QED) is 0.770. The zero-order chi connectivity index (χ0) is 12.1. The number of hydrogen-bond donors (Lipinski definition) is 2. The van der Waals surface area contributed by atoms with Crippen molar-refractivity contribution in [3.63, 3.8) is 0 Å². The summed E-state index contributed by atoms with van der Waals surface area (Å²) in [6.07, 6.45) is 1.88. The summed E-state index contributed by atoms with van der Waals surface area (Å²) < 4.78 is 5.74. The highest BCUT2D eigenvalue weighted by atomic mass is 16.4. The number of amides is 2.